The molecular weight excluding hydrogens is 238 g/mol. The monoisotopic (exact) mass is 253 g/mol. The van der Waals surface area contributed by atoms with Gasteiger partial charge >= 0.3 is 5.97 Å². The molecule has 0 spiro atoms. The summed E-state index contributed by atoms with van der Waals surface area (Å²) in [7, 11) is -3.54. The van der Waals surface area contributed by atoms with Gasteiger partial charge in [-0.25, -0.2) is 13.6 Å². The molecule has 1 amide bonds. The largest absolute Gasteiger partial charge is 0.481 e. The zero-order valence-corrected chi connectivity index (χ0v) is 9.37. The Morgan fingerprint density at radius 3 is 2.38 bits per heavy atom. The predicted molar refractivity (Wildman–Crippen MR) is 55.8 cm³/mol. The van der Waals surface area contributed by atoms with E-state index in [1.165, 1.54) is 0 Å². The minimum absolute atomic E-state index is 0.0859. The SMILES string of the molecule is NC(CC(=O)O)C(=O)NCCCS(N)(=O)=O. The summed E-state index contributed by atoms with van der Waals surface area (Å²) >= 11 is 0. The molecule has 8 nitrogen and oxygen atoms in total. The third kappa shape index (κ3) is 8.15. The molecule has 0 aliphatic heterocycles. The van der Waals surface area contributed by atoms with Crippen LogP contribution in [0.15, 0.2) is 0 Å². The van der Waals surface area contributed by atoms with Crippen molar-refractivity contribution in [3.63, 3.8) is 0 Å². The Labute approximate surface area is 93.0 Å². The van der Waals surface area contributed by atoms with Crippen molar-refractivity contribution in [3.05, 3.63) is 0 Å². The zero-order valence-electron chi connectivity index (χ0n) is 8.55. The molecule has 16 heavy (non-hydrogen) atoms. The van der Waals surface area contributed by atoms with Crippen molar-refractivity contribution in [2.45, 2.75) is 18.9 Å². The predicted octanol–water partition coefficient (Wildman–Crippen LogP) is -2.42. The van der Waals surface area contributed by atoms with Gasteiger partial charge in [0.1, 0.15) is 0 Å². The van der Waals surface area contributed by atoms with Crippen LogP contribution in [-0.2, 0) is 19.6 Å². The van der Waals surface area contributed by atoms with E-state index in [4.69, 9.17) is 16.0 Å². The van der Waals surface area contributed by atoms with Crippen LogP contribution in [0.5, 0.6) is 0 Å². The second-order valence-electron chi connectivity index (χ2n) is 3.22. The first kappa shape index (κ1) is 14.8. The molecule has 6 N–H and O–H groups in total. The summed E-state index contributed by atoms with van der Waals surface area (Å²) in [5, 5.41) is 15.4. The molecule has 0 fully saturated rings. The Hall–Kier alpha value is -1.19. The molecule has 1 atom stereocenters. The Bertz CT molecular complexity index is 353. The molecular formula is C7H15N3O5S. The van der Waals surface area contributed by atoms with E-state index in [2.05, 4.69) is 5.32 Å². The van der Waals surface area contributed by atoms with Gasteiger partial charge in [0.15, 0.2) is 0 Å². The van der Waals surface area contributed by atoms with Crippen molar-refractivity contribution >= 4 is 21.9 Å². The summed E-state index contributed by atoms with van der Waals surface area (Å²) in [6.45, 7) is 0.0859. The normalized spacial score (nSPS) is 13.1. The van der Waals surface area contributed by atoms with Crippen molar-refractivity contribution in [2.75, 3.05) is 12.3 Å². The van der Waals surface area contributed by atoms with Crippen molar-refractivity contribution in [1.82, 2.24) is 5.32 Å². The fourth-order valence-electron chi connectivity index (χ4n) is 0.897. The highest BCUT2D eigenvalue weighted by molar-refractivity contribution is 7.89. The summed E-state index contributed by atoms with van der Waals surface area (Å²) in [5.74, 6) is -2.05. The summed E-state index contributed by atoms with van der Waals surface area (Å²) in [4.78, 5) is 21.3. The quantitative estimate of drug-likeness (QED) is 0.370. The fraction of sp³-hybridized carbons (Fsp3) is 0.714. The average Bonchev–Trinajstić information content (AvgIpc) is 2.09. The highest BCUT2D eigenvalue weighted by atomic mass is 32.2. The standard InChI is InChI=1S/C7H15N3O5S/c8-5(4-6(11)12)7(13)10-2-1-3-16(9,14)15/h5H,1-4,8H2,(H,10,13)(H,11,12)(H2,9,14,15). The molecule has 0 heterocycles. The lowest BCUT2D eigenvalue weighted by Crippen LogP contribution is -2.42. The molecule has 0 aliphatic rings. The number of aliphatic carboxylic acids is 1. The zero-order chi connectivity index (χ0) is 12.8. The Kier molecular flexibility index (Phi) is 5.93. The highest BCUT2D eigenvalue weighted by Gasteiger charge is 2.16. The van der Waals surface area contributed by atoms with E-state index in [0.717, 1.165) is 0 Å². The van der Waals surface area contributed by atoms with Gasteiger partial charge in [0, 0.05) is 6.54 Å². The number of carboxylic acid groups (broad SMARTS) is 1. The molecule has 0 saturated heterocycles. The number of carbonyl (C=O) groups excluding carboxylic acids is 1. The number of carbonyl (C=O) groups is 2. The lowest BCUT2D eigenvalue weighted by molar-refractivity contribution is -0.139. The van der Waals surface area contributed by atoms with Crippen LogP contribution in [0.4, 0.5) is 0 Å². The lowest BCUT2D eigenvalue weighted by Gasteiger charge is -2.09. The number of nitrogens with two attached hydrogens (primary N) is 2. The van der Waals surface area contributed by atoms with Crippen LogP contribution in [-0.4, -0.2) is 43.7 Å². The smallest absolute Gasteiger partial charge is 0.305 e. The first-order chi connectivity index (χ1) is 7.22. The maximum atomic E-state index is 11.1. The first-order valence-corrected chi connectivity index (χ1v) is 6.19. The first-order valence-electron chi connectivity index (χ1n) is 4.48. The third-order valence-corrected chi connectivity index (χ3v) is 2.49. The molecule has 0 aromatic carbocycles. The number of amides is 1. The molecule has 0 aromatic heterocycles. The van der Waals surface area contributed by atoms with Gasteiger partial charge in [-0.1, -0.05) is 0 Å². The second-order valence-corrected chi connectivity index (χ2v) is 4.95. The summed E-state index contributed by atoms with van der Waals surface area (Å²) in [6.07, 6.45) is -0.314. The van der Waals surface area contributed by atoms with Gasteiger partial charge in [0.2, 0.25) is 15.9 Å². The summed E-state index contributed by atoms with van der Waals surface area (Å²) in [5.41, 5.74) is 5.25. The van der Waals surface area contributed by atoms with Crippen LogP contribution in [0.3, 0.4) is 0 Å². The van der Waals surface area contributed by atoms with E-state index in [-0.39, 0.29) is 18.7 Å². The molecule has 94 valence electrons. The summed E-state index contributed by atoms with van der Waals surface area (Å²) in [6, 6.07) is -1.13. The van der Waals surface area contributed by atoms with Gasteiger partial charge in [-0.15, -0.1) is 0 Å². The number of hydrogen-bond acceptors (Lipinski definition) is 5. The highest BCUT2D eigenvalue weighted by Crippen LogP contribution is 1.89. The van der Waals surface area contributed by atoms with Crippen molar-refractivity contribution < 1.29 is 23.1 Å². The Morgan fingerprint density at radius 2 is 1.94 bits per heavy atom. The molecule has 0 rings (SSSR count). The van der Waals surface area contributed by atoms with Gasteiger partial charge in [0.25, 0.3) is 0 Å². The van der Waals surface area contributed by atoms with Crippen LogP contribution in [0.25, 0.3) is 0 Å². The van der Waals surface area contributed by atoms with Crippen LogP contribution >= 0.6 is 0 Å². The number of hydrogen-bond donors (Lipinski definition) is 4. The second kappa shape index (κ2) is 6.40. The van der Waals surface area contributed by atoms with Gasteiger partial charge in [-0.2, -0.15) is 0 Å². The van der Waals surface area contributed by atoms with E-state index >= 15 is 0 Å². The Morgan fingerprint density at radius 1 is 1.38 bits per heavy atom. The van der Waals surface area contributed by atoms with Gasteiger partial charge in [-0.05, 0) is 6.42 Å². The number of nitrogens with one attached hydrogen (secondary N) is 1. The molecule has 1 unspecified atom stereocenters. The van der Waals surface area contributed by atoms with Gasteiger partial charge < -0.3 is 16.2 Å². The lowest BCUT2D eigenvalue weighted by atomic mass is 10.2. The molecule has 0 bridgehead atoms. The van der Waals surface area contributed by atoms with E-state index in [1.807, 2.05) is 0 Å². The van der Waals surface area contributed by atoms with E-state index in [1.54, 1.807) is 0 Å². The van der Waals surface area contributed by atoms with Crippen LogP contribution in [0.1, 0.15) is 12.8 Å². The minimum Gasteiger partial charge on any atom is -0.481 e. The molecule has 0 saturated carbocycles. The van der Waals surface area contributed by atoms with E-state index in [0.29, 0.717) is 0 Å². The van der Waals surface area contributed by atoms with Crippen LogP contribution < -0.4 is 16.2 Å². The number of rotatable bonds is 7. The summed E-state index contributed by atoms with van der Waals surface area (Å²) < 4.78 is 21.0. The number of primary sulfonamides is 1. The average molecular weight is 253 g/mol. The topological polar surface area (TPSA) is 153 Å². The van der Waals surface area contributed by atoms with E-state index in [9.17, 15) is 18.0 Å². The maximum absolute atomic E-state index is 11.1. The van der Waals surface area contributed by atoms with Gasteiger partial charge in [-0.3, -0.25) is 9.59 Å². The molecule has 9 heteroatoms. The van der Waals surface area contributed by atoms with Crippen LogP contribution in [0, 0.1) is 0 Å². The van der Waals surface area contributed by atoms with Crippen molar-refractivity contribution in [2.24, 2.45) is 10.9 Å². The number of carboxylic acids is 1. The van der Waals surface area contributed by atoms with E-state index < -0.39 is 34.4 Å². The third-order valence-electron chi connectivity index (χ3n) is 1.64. The molecule has 0 aromatic rings. The molecule has 0 aliphatic carbocycles. The fourth-order valence-corrected chi connectivity index (χ4v) is 1.44. The molecule has 0 radical (unpaired) electrons. The number of sulfonamides is 1. The minimum atomic E-state index is -3.54. The van der Waals surface area contributed by atoms with Crippen LogP contribution in [0.2, 0.25) is 0 Å². The Balaban J connectivity index is 3.77. The van der Waals surface area contributed by atoms with Gasteiger partial charge in [0.05, 0.1) is 18.2 Å². The van der Waals surface area contributed by atoms with Crippen molar-refractivity contribution in [3.8, 4) is 0 Å². The maximum Gasteiger partial charge on any atom is 0.305 e. The van der Waals surface area contributed by atoms with Crippen molar-refractivity contribution in [1.29, 1.82) is 0 Å².